The van der Waals surface area contributed by atoms with E-state index in [4.69, 9.17) is 15.0 Å². The van der Waals surface area contributed by atoms with Crippen molar-refractivity contribution in [2.75, 3.05) is 12.8 Å². The van der Waals surface area contributed by atoms with Crippen LogP contribution in [0.1, 0.15) is 0 Å². The second-order valence-corrected chi connectivity index (χ2v) is 7.46. The van der Waals surface area contributed by atoms with Crippen LogP contribution in [0.4, 0.5) is 5.88 Å². The molecule has 1 aromatic carbocycles. The van der Waals surface area contributed by atoms with Crippen LogP contribution in [-0.2, 0) is 0 Å². The normalized spacial score (nSPS) is 10.8. The molecule has 0 aliphatic carbocycles. The maximum Gasteiger partial charge on any atom is 0.230 e. The number of rotatable bonds is 3. The standard InChI is InChI=1S/C14H10Br2N2O2S/c1-19-8-4-2-3-7(5-8)11-12(18-20-14(11)17)10-6-9(15)13(16)21-10/h2-6H,17H2,1H3. The topological polar surface area (TPSA) is 61.3 Å². The third-order valence-electron chi connectivity index (χ3n) is 2.96. The Morgan fingerprint density at radius 1 is 1.29 bits per heavy atom. The monoisotopic (exact) mass is 428 g/mol. The van der Waals surface area contributed by atoms with Crippen molar-refractivity contribution in [1.29, 1.82) is 0 Å². The molecule has 4 nitrogen and oxygen atoms in total. The summed E-state index contributed by atoms with van der Waals surface area (Å²) < 4.78 is 12.4. The molecule has 2 heterocycles. The molecular weight excluding hydrogens is 420 g/mol. The molecule has 0 amide bonds. The van der Waals surface area contributed by atoms with Crippen LogP contribution >= 0.6 is 43.2 Å². The summed E-state index contributed by atoms with van der Waals surface area (Å²) in [7, 11) is 1.63. The number of nitrogen functional groups attached to an aromatic ring is 1. The minimum Gasteiger partial charge on any atom is -0.497 e. The molecule has 0 unspecified atom stereocenters. The fourth-order valence-electron chi connectivity index (χ4n) is 1.99. The molecule has 0 bridgehead atoms. The van der Waals surface area contributed by atoms with Crippen molar-refractivity contribution in [1.82, 2.24) is 5.16 Å². The van der Waals surface area contributed by atoms with Gasteiger partial charge in [-0.25, -0.2) is 0 Å². The van der Waals surface area contributed by atoms with Crippen LogP contribution < -0.4 is 10.5 Å². The number of halogens is 2. The summed E-state index contributed by atoms with van der Waals surface area (Å²) in [5.74, 6) is 1.05. The number of aromatic nitrogens is 1. The van der Waals surface area contributed by atoms with Crippen LogP contribution in [0.15, 0.2) is 43.1 Å². The molecule has 3 rings (SSSR count). The number of nitrogens with two attached hydrogens (primary N) is 1. The zero-order valence-electron chi connectivity index (χ0n) is 10.9. The number of thiophene rings is 1. The van der Waals surface area contributed by atoms with Crippen LogP contribution in [0.3, 0.4) is 0 Å². The molecule has 21 heavy (non-hydrogen) atoms. The Morgan fingerprint density at radius 2 is 2.10 bits per heavy atom. The first kappa shape index (κ1) is 14.6. The van der Waals surface area contributed by atoms with Gasteiger partial charge in [-0.1, -0.05) is 17.3 Å². The first-order valence-corrected chi connectivity index (χ1v) is 8.35. The summed E-state index contributed by atoms with van der Waals surface area (Å²) in [6.45, 7) is 0. The van der Waals surface area contributed by atoms with E-state index in [0.717, 1.165) is 35.7 Å². The largest absolute Gasteiger partial charge is 0.497 e. The van der Waals surface area contributed by atoms with Crippen molar-refractivity contribution in [3.63, 3.8) is 0 Å². The molecule has 7 heteroatoms. The lowest BCUT2D eigenvalue weighted by Gasteiger charge is -2.04. The van der Waals surface area contributed by atoms with Crippen molar-refractivity contribution in [3.05, 3.63) is 38.6 Å². The minimum absolute atomic E-state index is 0.291. The van der Waals surface area contributed by atoms with E-state index in [-0.39, 0.29) is 0 Å². The van der Waals surface area contributed by atoms with Crippen LogP contribution in [0.5, 0.6) is 5.75 Å². The highest BCUT2D eigenvalue weighted by Gasteiger charge is 2.20. The van der Waals surface area contributed by atoms with E-state index >= 15 is 0 Å². The first-order valence-electron chi connectivity index (χ1n) is 5.95. The quantitative estimate of drug-likeness (QED) is 0.622. The molecular formula is C14H10Br2N2O2S. The Balaban J connectivity index is 2.16. The molecule has 0 saturated heterocycles. The van der Waals surface area contributed by atoms with E-state index in [1.54, 1.807) is 18.4 Å². The fraction of sp³-hybridized carbons (Fsp3) is 0.0714. The van der Waals surface area contributed by atoms with Gasteiger partial charge in [-0.3, -0.25) is 0 Å². The average molecular weight is 430 g/mol. The van der Waals surface area contributed by atoms with Gasteiger partial charge in [-0.15, -0.1) is 11.3 Å². The van der Waals surface area contributed by atoms with E-state index in [0.29, 0.717) is 5.88 Å². The van der Waals surface area contributed by atoms with Gasteiger partial charge in [0.1, 0.15) is 11.4 Å². The summed E-state index contributed by atoms with van der Waals surface area (Å²) in [5.41, 5.74) is 8.36. The number of nitrogens with zero attached hydrogens (tertiary/aromatic N) is 1. The van der Waals surface area contributed by atoms with Gasteiger partial charge in [0.15, 0.2) is 0 Å². The second-order valence-electron chi connectivity index (χ2n) is 4.23. The number of ether oxygens (including phenoxy) is 1. The first-order chi connectivity index (χ1) is 10.1. The van der Waals surface area contributed by atoms with Gasteiger partial charge in [-0.2, -0.15) is 0 Å². The predicted octanol–water partition coefficient (Wildman–Crippen LogP) is 5.19. The fourth-order valence-corrected chi connectivity index (χ4v) is 4.01. The van der Waals surface area contributed by atoms with E-state index in [1.165, 1.54) is 0 Å². The molecule has 3 aromatic rings. The summed E-state index contributed by atoms with van der Waals surface area (Å²) in [6.07, 6.45) is 0. The Hall–Kier alpha value is -1.31. The van der Waals surface area contributed by atoms with Gasteiger partial charge in [0, 0.05) is 4.47 Å². The maximum atomic E-state index is 5.96. The molecule has 0 aliphatic rings. The zero-order valence-corrected chi connectivity index (χ0v) is 14.9. The number of benzene rings is 1. The predicted molar refractivity (Wildman–Crippen MR) is 91.6 cm³/mol. The van der Waals surface area contributed by atoms with Crippen LogP contribution in [0.2, 0.25) is 0 Å². The minimum atomic E-state index is 0.291. The van der Waals surface area contributed by atoms with Crippen LogP contribution in [0.25, 0.3) is 21.7 Å². The third-order valence-corrected chi connectivity index (χ3v) is 6.22. The van der Waals surface area contributed by atoms with Gasteiger partial charge in [0.25, 0.3) is 0 Å². The Morgan fingerprint density at radius 3 is 2.76 bits per heavy atom. The number of hydrogen-bond donors (Lipinski definition) is 1. The van der Waals surface area contributed by atoms with Gasteiger partial charge < -0.3 is 15.0 Å². The smallest absolute Gasteiger partial charge is 0.230 e. The summed E-state index contributed by atoms with van der Waals surface area (Å²) in [4.78, 5) is 0.965. The van der Waals surface area contributed by atoms with Gasteiger partial charge in [0.2, 0.25) is 5.88 Å². The summed E-state index contributed by atoms with van der Waals surface area (Å²) in [6, 6.07) is 9.63. The van der Waals surface area contributed by atoms with E-state index in [9.17, 15) is 0 Å². The lowest BCUT2D eigenvalue weighted by atomic mass is 10.0. The Labute approximate surface area is 142 Å². The van der Waals surface area contributed by atoms with Crippen LogP contribution in [0, 0.1) is 0 Å². The van der Waals surface area contributed by atoms with Crippen molar-refractivity contribution in [3.8, 4) is 27.4 Å². The number of hydrogen-bond acceptors (Lipinski definition) is 5. The maximum absolute atomic E-state index is 5.96. The van der Waals surface area contributed by atoms with E-state index in [1.807, 2.05) is 30.3 Å². The Bertz CT molecular complexity index is 779. The Kier molecular flexibility index (Phi) is 4.05. The number of methoxy groups -OCH3 is 1. The molecule has 2 aromatic heterocycles. The van der Waals surface area contributed by atoms with Crippen molar-refractivity contribution in [2.45, 2.75) is 0 Å². The van der Waals surface area contributed by atoms with Crippen molar-refractivity contribution in [2.24, 2.45) is 0 Å². The molecule has 0 radical (unpaired) electrons. The van der Waals surface area contributed by atoms with Gasteiger partial charge in [-0.05, 0) is 55.6 Å². The molecule has 0 saturated carbocycles. The van der Waals surface area contributed by atoms with Crippen molar-refractivity contribution < 1.29 is 9.26 Å². The molecule has 108 valence electrons. The van der Waals surface area contributed by atoms with Gasteiger partial charge in [0.05, 0.1) is 21.3 Å². The second kappa shape index (κ2) is 5.82. The van der Waals surface area contributed by atoms with E-state index < -0.39 is 0 Å². The summed E-state index contributed by atoms with van der Waals surface area (Å²) >= 11 is 8.52. The van der Waals surface area contributed by atoms with Crippen LogP contribution in [-0.4, -0.2) is 12.3 Å². The average Bonchev–Trinajstić information content (AvgIpc) is 3.02. The lowest BCUT2D eigenvalue weighted by molar-refractivity contribution is 0.415. The molecule has 0 spiro atoms. The molecule has 0 aliphatic heterocycles. The molecule has 2 N–H and O–H groups in total. The highest BCUT2D eigenvalue weighted by Crippen LogP contribution is 2.43. The molecule has 0 atom stereocenters. The van der Waals surface area contributed by atoms with Crippen molar-refractivity contribution >= 4 is 49.1 Å². The molecule has 0 fully saturated rings. The lowest BCUT2D eigenvalue weighted by Crippen LogP contribution is -1.88. The highest BCUT2D eigenvalue weighted by molar-refractivity contribution is 9.13. The number of anilines is 1. The zero-order chi connectivity index (χ0) is 15.0. The van der Waals surface area contributed by atoms with Gasteiger partial charge >= 0.3 is 0 Å². The van der Waals surface area contributed by atoms with E-state index in [2.05, 4.69) is 37.0 Å². The SMILES string of the molecule is COc1cccc(-c2c(-c3cc(Br)c(Br)s3)noc2N)c1. The highest BCUT2D eigenvalue weighted by atomic mass is 79.9. The summed E-state index contributed by atoms with van der Waals surface area (Å²) in [5, 5.41) is 4.10. The third kappa shape index (κ3) is 2.73.